The predicted octanol–water partition coefficient (Wildman–Crippen LogP) is 16.0. The number of fused-ring (bicyclic) bond motifs is 9. The molecule has 0 fully saturated rings. The molecule has 0 bridgehead atoms. The maximum Gasteiger partial charge on any atom is 0.164 e. The van der Waals surface area contributed by atoms with Gasteiger partial charge in [0, 0.05) is 22.4 Å². The van der Waals surface area contributed by atoms with E-state index in [9.17, 15) is 0 Å². The number of hydrogen-bond acceptors (Lipinski definition) is 4. The minimum Gasteiger partial charge on any atom is -0.310 e. The van der Waals surface area contributed by atoms with Crippen LogP contribution in [0.25, 0.3) is 78.7 Å². The lowest BCUT2D eigenvalue weighted by atomic mass is 9.64. The van der Waals surface area contributed by atoms with Crippen molar-refractivity contribution in [3.63, 3.8) is 0 Å². The van der Waals surface area contributed by atoms with Crippen LogP contribution in [0.1, 0.15) is 22.3 Å². The van der Waals surface area contributed by atoms with Gasteiger partial charge in [0.15, 0.2) is 17.5 Å². The molecule has 318 valence electrons. The fourth-order valence-electron chi connectivity index (χ4n) is 10.7. The van der Waals surface area contributed by atoms with Crippen LogP contribution in [0.3, 0.4) is 0 Å². The van der Waals surface area contributed by atoms with Crippen LogP contribution < -0.4 is 4.90 Å². The highest BCUT2D eigenvalue weighted by Crippen LogP contribution is 2.63. The van der Waals surface area contributed by atoms with Crippen LogP contribution in [0.15, 0.2) is 255 Å². The van der Waals surface area contributed by atoms with Gasteiger partial charge in [-0.2, -0.15) is 0 Å². The summed E-state index contributed by atoms with van der Waals surface area (Å²) in [7, 11) is 0. The Morgan fingerprint density at radius 1 is 0.250 bits per heavy atom. The molecule has 4 nitrogen and oxygen atoms in total. The Morgan fingerprint density at radius 3 is 1.13 bits per heavy atom. The maximum atomic E-state index is 5.24. The summed E-state index contributed by atoms with van der Waals surface area (Å²) in [5, 5.41) is 0. The van der Waals surface area contributed by atoms with Crippen LogP contribution in [0.4, 0.5) is 17.1 Å². The van der Waals surface area contributed by atoms with Crippen molar-refractivity contribution in [1.29, 1.82) is 0 Å². The first-order valence-corrected chi connectivity index (χ1v) is 23.2. The lowest BCUT2D eigenvalue weighted by Gasteiger charge is -2.45. The molecular weight excluding hydrogens is 825 g/mol. The summed E-state index contributed by atoms with van der Waals surface area (Å²) < 4.78 is 0. The number of nitrogens with zero attached hydrogens (tertiary/aromatic N) is 4. The summed E-state index contributed by atoms with van der Waals surface area (Å²) in [4.78, 5) is 18.1. The highest BCUT2D eigenvalue weighted by atomic mass is 15.2. The summed E-state index contributed by atoms with van der Waals surface area (Å²) in [6, 6.07) is 91.2. The highest BCUT2D eigenvalue weighted by molar-refractivity contribution is 5.97. The van der Waals surface area contributed by atoms with Gasteiger partial charge in [0.2, 0.25) is 0 Å². The van der Waals surface area contributed by atoms with Gasteiger partial charge in [-0.3, -0.25) is 0 Å². The summed E-state index contributed by atoms with van der Waals surface area (Å²) in [5.74, 6) is 1.86. The highest BCUT2D eigenvalue weighted by Gasteiger charge is 2.51. The van der Waals surface area contributed by atoms with E-state index in [0.717, 1.165) is 55.8 Å². The Kier molecular flexibility index (Phi) is 9.36. The van der Waals surface area contributed by atoms with Gasteiger partial charge >= 0.3 is 0 Å². The van der Waals surface area contributed by atoms with Gasteiger partial charge in [0.05, 0.1) is 16.8 Å². The molecule has 1 aliphatic heterocycles. The van der Waals surface area contributed by atoms with Crippen LogP contribution in [-0.4, -0.2) is 15.0 Å². The van der Waals surface area contributed by atoms with Gasteiger partial charge in [-0.15, -0.1) is 0 Å². The molecule has 11 aromatic rings. The van der Waals surface area contributed by atoms with E-state index in [4.69, 9.17) is 15.0 Å². The van der Waals surface area contributed by atoms with Crippen molar-refractivity contribution in [2.75, 3.05) is 4.90 Å². The van der Waals surface area contributed by atoms with Crippen LogP contribution in [0.2, 0.25) is 0 Å². The van der Waals surface area contributed by atoms with E-state index in [1.165, 1.54) is 44.8 Å². The zero-order valence-electron chi connectivity index (χ0n) is 37.0. The molecule has 0 atom stereocenters. The Morgan fingerprint density at radius 2 is 0.618 bits per heavy atom. The number of para-hydroxylation sites is 3. The molecule has 4 heteroatoms. The zero-order chi connectivity index (χ0) is 45.0. The molecule has 1 aromatic heterocycles. The maximum absolute atomic E-state index is 5.24. The monoisotopic (exact) mass is 866 g/mol. The van der Waals surface area contributed by atoms with Crippen molar-refractivity contribution in [3.8, 4) is 78.7 Å². The zero-order valence-corrected chi connectivity index (χ0v) is 37.0. The van der Waals surface area contributed by atoms with E-state index in [2.05, 4.69) is 248 Å². The lowest BCUT2D eigenvalue weighted by molar-refractivity contribution is 0.753. The van der Waals surface area contributed by atoms with E-state index in [-0.39, 0.29) is 0 Å². The molecule has 2 aliphatic rings. The van der Waals surface area contributed by atoms with E-state index < -0.39 is 5.41 Å². The largest absolute Gasteiger partial charge is 0.310 e. The number of anilines is 3. The average Bonchev–Trinajstić information content (AvgIpc) is 3.71. The van der Waals surface area contributed by atoms with Gasteiger partial charge in [0.1, 0.15) is 0 Å². The van der Waals surface area contributed by atoms with Gasteiger partial charge in [-0.1, -0.05) is 206 Å². The third-order valence-electron chi connectivity index (χ3n) is 13.7. The molecule has 2 heterocycles. The van der Waals surface area contributed by atoms with Crippen LogP contribution in [-0.2, 0) is 5.41 Å². The predicted molar refractivity (Wildman–Crippen MR) is 278 cm³/mol. The first-order valence-electron chi connectivity index (χ1n) is 23.2. The molecule has 0 saturated carbocycles. The van der Waals surface area contributed by atoms with Gasteiger partial charge in [0.25, 0.3) is 0 Å². The summed E-state index contributed by atoms with van der Waals surface area (Å²) in [5.41, 5.74) is 20.1. The Hall–Kier alpha value is -8.99. The van der Waals surface area contributed by atoms with Gasteiger partial charge < -0.3 is 4.90 Å². The Balaban J connectivity index is 0.952. The summed E-state index contributed by atoms with van der Waals surface area (Å²) in [6.07, 6.45) is 0. The molecule has 0 N–H and O–H groups in total. The number of aromatic nitrogens is 3. The molecule has 0 radical (unpaired) electrons. The lowest BCUT2D eigenvalue weighted by Crippen LogP contribution is -2.36. The first-order chi connectivity index (χ1) is 33.7. The van der Waals surface area contributed by atoms with Crippen LogP contribution in [0.5, 0.6) is 0 Å². The van der Waals surface area contributed by atoms with E-state index >= 15 is 0 Å². The molecule has 1 aliphatic carbocycles. The van der Waals surface area contributed by atoms with Gasteiger partial charge in [-0.25, -0.2) is 15.0 Å². The Bertz CT molecular complexity index is 3550. The van der Waals surface area contributed by atoms with E-state index in [1.54, 1.807) is 0 Å². The molecule has 1 spiro atoms. The second-order valence-corrected chi connectivity index (χ2v) is 17.5. The van der Waals surface area contributed by atoms with Crippen LogP contribution >= 0.6 is 0 Å². The van der Waals surface area contributed by atoms with Crippen molar-refractivity contribution in [1.82, 2.24) is 15.0 Å². The topological polar surface area (TPSA) is 41.9 Å². The normalized spacial score (nSPS) is 12.8. The smallest absolute Gasteiger partial charge is 0.164 e. The standard InChI is InChI=1S/C64H42N4/c1-4-19-43(20-5-1)45-23-16-26-49(39-45)61-65-62(50-27-17-24-46(40-50)44-21-6-2-7-22-44)67-63(66-61)51-28-18-25-47(41-51)48-37-38-56-54(42-48)53-31-10-11-32-55(53)64(56)57-33-12-14-35-59(57)68(52-29-8-3-9-30-52)60-36-15-13-34-58(60)64/h1-42H. The second kappa shape index (κ2) is 16.2. The molecule has 0 amide bonds. The van der Waals surface area contributed by atoms with E-state index in [1.807, 2.05) is 12.1 Å². The quantitative estimate of drug-likeness (QED) is 0.160. The van der Waals surface area contributed by atoms with Crippen molar-refractivity contribution in [2.45, 2.75) is 5.41 Å². The van der Waals surface area contributed by atoms with E-state index in [0.29, 0.717) is 17.5 Å². The molecule has 13 rings (SSSR count). The molecule has 0 unspecified atom stereocenters. The minimum atomic E-state index is -0.516. The Labute approximate surface area is 396 Å². The SMILES string of the molecule is c1ccc(-c2cccc(-c3nc(-c4cccc(-c5ccccc5)c4)nc(-c4cccc(-c5ccc6c(c5)-c5ccccc5C65c6ccccc6N(c6ccccc6)c6ccccc65)c4)n3)c2)cc1. The average molecular weight is 867 g/mol. The molecule has 10 aromatic carbocycles. The summed E-state index contributed by atoms with van der Waals surface area (Å²) >= 11 is 0. The third-order valence-corrected chi connectivity index (χ3v) is 13.7. The number of rotatable bonds is 7. The second-order valence-electron chi connectivity index (χ2n) is 17.5. The fourth-order valence-corrected chi connectivity index (χ4v) is 10.7. The van der Waals surface area contributed by atoms with Crippen LogP contribution in [0, 0.1) is 0 Å². The number of benzene rings is 10. The van der Waals surface area contributed by atoms with Gasteiger partial charge in [-0.05, 0) is 115 Å². The third kappa shape index (κ3) is 6.41. The first kappa shape index (κ1) is 39.4. The molecule has 0 saturated heterocycles. The van der Waals surface area contributed by atoms with Crippen molar-refractivity contribution in [3.05, 3.63) is 277 Å². The summed E-state index contributed by atoms with van der Waals surface area (Å²) in [6.45, 7) is 0. The van der Waals surface area contributed by atoms with Crippen molar-refractivity contribution in [2.24, 2.45) is 0 Å². The molecular formula is C64H42N4. The molecule has 68 heavy (non-hydrogen) atoms. The fraction of sp³-hybridized carbons (Fsp3) is 0.0156. The van der Waals surface area contributed by atoms with Crippen molar-refractivity contribution >= 4 is 17.1 Å². The minimum absolute atomic E-state index is 0.516. The number of hydrogen-bond donors (Lipinski definition) is 0. The van der Waals surface area contributed by atoms with Crippen molar-refractivity contribution < 1.29 is 0 Å².